The normalized spacial score (nSPS) is 22.6. The van der Waals surface area contributed by atoms with Gasteiger partial charge in [0.25, 0.3) is 0 Å². The van der Waals surface area contributed by atoms with Crippen LogP contribution in [-0.2, 0) is 68.7 Å². The molecule has 1 saturated heterocycles. The highest BCUT2D eigenvalue weighted by atomic mass is 16.5. The smallest absolute Gasteiger partial charge is 0.312 e. The highest BCUT2D eigenvalue weighted by Crippen LogP contribution is 2.24. The number of amides is 11. The number of benzene rings is 1. The molecule has 1 aliphatic heterocycles. The molecule has 0 saturated carbocycles. The number of carbonyl (C=O) groups is 12. The molecule has 0 aromatic heterocycles. The zero-order valence-electron chi connectivity index (χ0n) is 51.9. The minimum Gasteiger partial charge on any atom is -0.462 e. The molecule has 31 nitrogen and oxygen atoms in total. The third-order valence-corrected chi connectivity index (χ3v) is 14.2. The zero-order chi connectivity index (χ0) is 66.4. The maximum Gasteiger partial charge on any atom is 0.312 e. The topological polar surface area (TPSA) is 517 Å². The molecule has 2 unspecified atom stereocenters. The van der Waals surface area contributed by atoms with E-state index in [1.54, 1.807) is 51.1 Å². The van der Waals surface area contributed by atoms with Crippen molar-refractivity contribution in [2.75, 3.05) is 39.3 Å². The summed E-state index contributed by atoms with van der Waals surface area (Å²) in [5.74, 6) is -11.3. The van der Waals surface area contributed by atoms with Gasteiger partial charge in [-0.05, 0) is 130 Å². The van der Waals surface area contributed by atoms with E-state index in [0.717, 1.165) is 6.92 Å². The SMILES string of the molecule is CCC(C)OC(=O)C(C)(C)CC(=O)N[C@@H](CCN)C(=O)N[C@H](C(=O)N[C@@H](CCN)C(=O)N[C@H]1CCNC(=O)[C@H]([C@H](C)O)NC(=O)[C@H](CCN)NC(=O)[C@H](CCN)NC(=O)[C@H](CC(C)C)NC(=O)[C@@H](Cc2ccccc2)NC(=O)[C@H](CCN)NC1=O)C(C)O. The first kappa shape index (κ1) is 76.7. The number of rotatable bonds is 28. The summed E-state index contributed by atoms with van der Waals surface area (Å²) in [6.45, 7) is 11.0. The van der Waals surface area contributed by atoms with Gasteiger partial charge in [0.05, 0.1) is 23.7 Å². The van der Waals surface area contributed by atoms with Crippen molar-refractivity contribution >= 4 is 70.9 Å². The van der Waals surface area contributed by atoms with Crippen LogP contribution in [0.3, 0.4) is 0 Å². The number of hydrogen-bond donors (Lipinski definition) is 18. The van der Waals surface area contributed by atoms with Crippen LogP contribution in [-0.4, -0.2) is 199 Å². The van der Waals surface area contributed by atoms with E-state index in [0.29, 0.717) is 12.0 Å². The molecule has 13 atom stereocenters. The fourth-order valence-corrected chi connectivity index (χ4v) is 9.02. The number of nitrogens with two attached hydrogens (primary N) is 5. The minimum absolute atomic E-state index is 0.0327. The highest BCUT2D eigenvalue weighted by Gasteiger charge is 2.39. The number of aliphatic hydroxyl groups excluding tert-OH is 2. The Morgan fingerprint density at radius 2 is 1.08 bits per heavy atom. The molecular formula is C57H98N16O15. The molecule has 1 heterocycles. The van der Waals surface area contributed by atoms with Crippen molar-refractivity contribution in [3.63, 3.8) is 0 Å². The predicted molar refractivity (Wildman–Crippen MR) is 322 cm³/mol. The van der Waals surface area contributed by atoms with Gasteiger partial charge in [-0.1, -0.05) is 51.1 Å². The van der Waals surface area contributed by atoms with Gasteiger partial charge >= 0.3 is 5.97 Å². The summed E-state index contributed by atoms with van der Waals surface area (Å²) in [5, 5.41) is 49.4. The van der Waals surface area contributed by atoms with Gasteiger partial charge in [0.1, 0.15) is 60.4 Å². The lowest BCUT2D eigenvalue weighted by Crippen LogP contribution is -2.62. The molecule has 0 bridgehead atoms. The Kier molecular flexibility index (Phi) is 33.8. The predicted octanol–water partition coefficient (Wildman–Crippen LogP) is -6.09. The Bertz CT molecular complexity index is 2490. The van der Waals surface area contributed by atoms with Gasteiger partial charge in [-0.3, -0.25) is 57.5 Å². The van der Waals surface area contributed by atoms with Gasteiger partial charge in [-0.15, -0.1) is 0 Å². The third-order valence-electron chi connectivity index (χ3n) is 14.2. The summed E-state index contributed by atoms with van der Waals surface area (Å²) >= 11 is 0. The summed E-state index contributed by atoms with van der Waals surface area (Å²) in [4.78, 5) is 167. The lowest BCUT2D eigenvalue weighted by molar-refractivity contribution is -0.160. The van der Waals surface area contributed by atoms with Crippen LogP contribution in [0.15, 0.2) is 30.3 Å². The summed E-state index contributed by atoms with van der Waals surface area (Å²) < 4.78 is 5.40. The number of nitrogens with one attached hydrogen (secondary N) is 11. The van der Waals surface area contributed by atoms with E-state index in [9.17, 15) is 67.7 Å². The first-order chi connectivity index (χ1) is 41.5. The van der Waals surface area contributed by atoms with Crippen LogP contribution in [0.4, 0.5) is 0 Å². The molecule has 31 heteroatoms. The largest absolute Gasteiger partial charge is 0.462 e. The molecule has 1 aromatic carbocycles. The van der Waals surface area contributed by atoms with Crippen LogP contribution in [0.5, 0.6) is 0 Å². The molecule has 496 valence electrons. The molecule has 88 heavy (non-hydrogen) atoms. The second-order valence-electron chi connectivity index (χ2n) is 23.0. The van der Waals surface area contributed by atoms with Crippen LogP contribution < -0.4 is 87.2 Å². The van der Waals surface area contributed by atoms with Crippen molar-refractivity contribution < 1.29 is 72.5 Å². The minimum atomic E-state index is -1.79. The van der Waals surface area contributed by atoms with Crippen LogP contribution in [0.2, 0.25) is 0 Å². The average Bonchev–Trinajstić information content (AvgIpc) is 3.56. The van der Waals surface area contributed by atoms with Crippen LogP contribution >= 0.6 is 0 Å². The molecule has 1 fully saturated rings. The Labute approximate surface area is 513 Å². The van der Waals surface area contributed by atoms with E-state index >= 15 is 0 Å². The molecule has 11 amide bonds. The molecule has 1 aliphatic rings. The number of esters is 1. The lowest BCUT2D eigenvalue weighted by atomic mass is 9.88. The molecule has 0 spiro atoms. The van der Waals surface area contributed by atoms with Crippen LogP contribution in [0.25, 0.3) is 0 Å². The molecule has 0 aliphatic carbocycles. The van der Waals surface area contributed by atoms with Gasteiger partial charge < -0.3 is 102 Å². The molecule has 2 rings (SSSR count). The van der Waals surface area contributed by atoms with E-state index in [-0.39, 0.29) is 83.6 Å². The van der Waals surface area contributed by atoms with E-state index in [1.807, 2.05) is 6.92 Å². The standard InChI is InChI=1S/C57H98N16O15/c1-9-31(4)88-56(87)57(7,8)29-43(76)64-35(15-21-58)50(81)73-45(33(6)75)55(86)69-38(18-24-61)47(78)68-40-20-26-63-54(85)44(32(5)74)72-51(82)39(19-25-62)66-46(77)36(16-22-59)67-52(83)41(27-30(2)3)70-53(84)42(28-34-13-11-10-12-14-34)71-48(79)37(17-23-60)65-49(40)80/h10-14,30-33,35-42,44-45,74-75H,9,15-29,58-62H2,1-8H3,(H,63,85)(H,64,76)(H,65,80)(H,66,77)(H,67,83)(H,68,78)(H,69,86)(H,70,84)(H,71,79)(H,72,82)(H,73,81)/t31?,32-,33?,35-,36-,37-,38-,39-,40-,41-,42+,44-,45-/m0/s1. The van der Waals surface area contributed by atoms with Crippen molar-refractivity contribution in [3.8, 4) is 0 Å². The van der Waals surface area contributed by atoms with Crippen molar-refractivity contribution in [3.05, 3.63) is 35.9 Å². The molecular weight excluding hydrogens is 1150 g/mol. The highest BCUT2D eigenvalue weighted by molar-refractivity contribution is 5.99. The van der Waals surface area contributed by atoms with Gasteiger partial charge in [-0.2, -0.15) is 0 Å². The van der Waals surface area contributed by atoms with Gasteiger partial charge in [-0.25, -0.2) is 0 Å². The number of hydrogen-bond acceptors (Lipinski definition) is 20. The van der Waals surface area contributed by atoms with Gasteiger partial charge in [0, 0.05) is 19.4 Å². The fraction of sp³-hybridized carbons (Fsp3) is 0.684. The Morgan fingerprint density at radius 3 is 1.57 bits per heavy atom. The summed E-state index contributed by atoms with van der Waals surface area (Å²) in [5.41, 5.74) is 28.6. The Balaban J connectivity index is 2.69. The molecule has 23 N–H and O–H groups in total. The first-order valence-electron chi connectivity index (χ1n) is 29.9. The van der Waals surface area contributed by atoms with Gasteiger partial charge in [0.15, 0.2) is 0 Å². The van der Waals surface area contributed by atoms with Crippen LogP contribution in [0, 0.1) is 11.3 Å². The van der Waals surface area contributed by atoms with Crippen LogP contribution in [0.1, 0.15) is 119 Å². The van der Waals surface area contributed by atoms with Gasteiger partial charge in [0.2, 0.25) is 65.0 Å². The maximum absolute atomic E-state index is 14.6. The van der Waals surface area contributed by atoms with Crippen molar-refractivity contribution in [1.29, 1.82) is 0 Å². The number of carbonyl (C=O) groups excluding carboxylic acids is 12. The Hall–Kier alpha value is -7.42. The van der Waals surface area contributed by atoms with E-state index < -0.39 is 174 Å². The maximum atomic E-state index is 14.6. The average molecular weight is 1250 g/mol. The van der Waals surface area contributed by atoms with E-state index in [1.165, 1.54) is 20.8 Å². The lowest BCUT2D eigenvalue weighted by Gasteiger charge is -2.29. The number of aliphatic hydroxyl groups is 2. The quantitative estimate of drug-likeness (QED) is 0.0347. The summed E-state index contributed by atoms with van der Waals surface area (Å²) in [7, 11) is 0. The monoisotopic (exact) mass is 1250 g/mol. The van der Waals surface area contributed by atoms with E-state index in [2.05, 4.69) is 58.5 Å². The Morgan fingerprint density at radius 1 is 0.602 bits per heavy atom. The van der Waals surface area contributed by atoms with Crippen molar-refractivity contribution in [2.45, 2.75) is 198 Å². The summed E-state index contributed by atoms with van der Waals surface area (Å²) in [6, 6.07) is -6.76. The second kappa shape index (κ2) is 38.8. The van der Waals surface area contributed by atoms with E-state index in [4.69, 9.17) is 33.4 Å². The second-order valence-corrected chi connectivity index (χ2v) is 23.0. The molecule has 1 aromatic rings. The fourth-order valence-electron chi connectivity index (χ4n) is 9.02. The third kappa shape index (κ3) is 26.1. The summed E-state index contributed by atoms with van der Waals surface area (Å²) in [6.07, 6.45) is -5.16. The molecule has 0 radical (unpaired) electrons. The van der Waals surface area contributed by atoms with Crippen molar-refractivity contribution in [1.82, 2.24) is 58.5 Å². The number of ether oxygens (including phenoxy) is 1. The van der Waals surface area contributed by atoms with Crippen molar-refractivity contribution in [2.24, 2.45) is 40.0 Å². The first-order valence-corrected chi connectivity index (χ1v) is 29.9. The zero-order valence-corrected chi connectivity index (χ0v) is 51.9.